The molecular weight excluding hydrogens is 224 g/mol. The van der Waals surface area contributed by atoms with E-state index in [0.29, 0.717) is 11.8 Å². The molecule has 3 heteroatoms. The van der Waals surface area contributed by atoms with Crippen LogP contribution in [-0.2, 0) is 0 Å². The first-order chi connectivity index (χ1) is 8.70. The second-order valence-corrected chi connectivity index (χ2v) is 5.62. The molecule has 1 saturated heterocycles. The van der Waals surface area contributed by atoms with Crippen LogP contribution < -0.4 is 10.1 Å². The highest BCUT2D eigenvalue weighted by atomic mass is 16.5. The smallest absolute Gasteiger partial charge is 0.212 e. The quantitative estimate of drug-likeness (QED) is 0.889. The first kappa shape index (κ1) is 13.3. The predicted molar refractivity (Wildman–Crippen MR) is 74.0 cm³/mol. The van der Waals surface area contributed by atoms with Crippen LogP contribution in [0.4, 0.5) is 0 Å². The Hall–Kier alpha value is -1.09. The summed E-state index contributed by atoms with van der Waals surface area (Å²) in [6, 6.07) is 4.15. The van der Waals surface area contributed by atoms with E-state index in [4.69, 9.17) is 4.74 Å². The average Bonchev–Trinajstić information content (AvgIpc) is 2.39. The van der Waals surface area contributed by atoms with Crippen molar-refractivity contribution in [3.8, 4) is 5.88 Å². The molecule has 100 valence electrons. The molecular formula is C15H24N2O. The van der Waals surface area contributed by atoms with Gasteiger partial charge in [-0.15, -0.1) is 0 Å². The second-order valence-electron chi connectivity index (χ2n) is 5.62. The van der Waals surface area contributed by atoms with E-state index in [2.05, 4.69) is 30.2 Å². The SMILES string of the molecule is COc1ccc(C2CCNCC2CC(C)C)cn1. The van der Waals surface area contributed by atoms with Gasteiger partial charge in [-0.2, -0.15) is 0 Å². The molecule has 2 rings (SSSR count). The average molecular weight is 248 g/mol. The maximum atomic E-state index is 5.12. The Balaban J connectivity index is 2.11. The van der Waals surface area contributed by atoms with Crippen molar-refractivity contribution in [3.63, 3.8) is 0 Å². The molecule has 2 heterocycles. The van der Waals surface area contributed by atoms with Crippen LogP contribution in [0.5, 0.6) is 5.88 Å². The monoisotopic (exact) mass is 248 g/mol. The van der Waals surface area contributed by atoms with Crippen LogP contribution in [0.3, 0.4) is 0 Å². The number of piperidine rings is 1. The van der Waals surface area contributed by atoms with Gasteiger partial charge in [-0.3, -0.25) is 0 Å². The zero-order valence-electron chi connectivity index (χ0n) is 11.6. The number of hydrogen-bond acceptors (Lipinski definition) is 3. The Bertz CT molecular complexity index is 361. The molecule has 0 aromatic carbocycles. The summed E-state index contributed by atoms with van der Waals surface area (Å²) >= 11 is 0. The van der Waals surface area contributed by atoms with E-state index in [-0.39, 0.29) is 0 Å². The third-order valence-electron chi connectivity index (χ3n) is 3.78. The third-order valence-corrected chi connectivity index (χ3v) is 3.78. The third kappa shape index (κ3) is 3.22. The highest BCUT2D eigenvalue weighted by molar-refractivity contribution is 5.22. The van der Waals surface area contributed by atoms with Gasteiger partial charge in [-0.1, -0.05) is 19.9 Å². The molecule has 1 fully saturated rings. The van der Waals surface area contributed by atoms with Gasteiger partial charge in [0, 0.05) is 12.3 Å². The topological polar surface area (TPSA) is 34.1 Å². The van der Waals surface area contributed by atoms with Crippen molar-refractivity contribution in [3.05, 3.63) is 23.9 Å². The first-order valence-corrected chi connectivity index (χ1v) is 6.91. The second kappa shape index (κ2) is 6.19. The first-order valence-electron chi connectivity index (χ1n) is 6.91. The Morgan fingerprint density at radius 3 is 2.89 bits per heavy atom. The van der Waals surface area contributed by atoms with Crippen LogP contribution in [0.1, 0.15) is 38.2 Å². The zero-order chi connectivity index (χ0) is 13.0. The van der Waals surface area contributed by atoms with Crippen LogP contribution in [0.15, 0.2) is 18.3 Å². The molecule has 1 aromatic rings. The van der Waals surface area contributed by atoms with Gasteiger partial charge in [-0.25, -0.2) is 4.98 Å². The lowest BCUT2D eigenvalue weighted by Crippen LogP contribution is -2.36. The van der Waals surface area contributed by atoms with Gasteiger partial charge >= 0.3 is 0 Å². The summed E-state index contributed by atoms with van der Waals surface area (Å²) in [6.45, 7) is 6.86. The number of pyridine rings is 1. The van der Waals surface area contributed by atoms with Gasteiger partial charge in [0.25, 0.3) is 0 Å². The zero-order valence-corrected chi connectivity index (χ0v) is 11.6. The van der Waals surface area contributed by atoms with E-state index in [1.165, 1.54) is 18.4 Å². The molecule has 1 aliphatic heterocycles. The summed E-state index contributed by atoms with van der Waals surface area (Å²) in [5, 5.41) is 3.52. The molecule has 1 N–H and O–H groups in total. The van der Waals surface area contributed by atoms with E-state index in [9.17, 15) is 0 Å². The standard InChI is InChI=1S/C15H24N2O/c1-11(2)8-13-9-16-7-6-14(13)12-4-5-15(18-3)17-10-12/h4-5,10-11,13-14,16H,6-9H2,1-3H3. The number of nitrogens with zero attached hydrogens (tertiary/aromatic N) is 1. The summed E-state index contributed by atoms with van der Waals surface area (Å²) in [5.74, 6) is 2.83. The van der Waals surface area contributed by atoms with Gasteiger partial charge in [0.1, 0.15) is 0 Å². The van der Waals surface area contributed by atoms with Crippen LogP contribution in [0, 0.1) is 11.8 Å². The molecule has 0 bridgehead atoms. The van der Waals surface area contributed by atoms with Crippen molar-refractivity contribution in [1.82, 2.24) is 10.3 Å². The Kier molecular flexibility index (Phi) is 4.59. The van der Waals surface area contributed by atoms with E-state index in [1.807, 2.05) is 12.3 Å². The lowest BCUT2D eigenvalue weighted by atomic mass is 9.78. The van der Waals surface area contributed by atoms with Crippen molar-refractivity contribution < 1.29 is 4.74 Å². The van der Waals surface area contributed by atoms with E-state index in [0.717, 1.165) is 24.9 Å². The van der Waals surface area contributed by atoms with Gasteiger partial charge in [0.05, 0.1) is 7.11 Å². The molecule has 1 aromatic heterocycles. The van der Waals surface area contributed by atoms with Crippen molar-refractivity contribution in [1.29, 1.82) is 0 Å². The Labute approximate surface area is 110 Å². The molecule has 0 amide bonds. The summed E-state index contributed by atoms with van der Waals surface area (Å²) < 4.78 is 5.12. The number of ether oxygens (including phenoxy) is 1. The molecule has 3 nitrogen and oxygen atoms in total. The number of aromatic nitrogens is 1. The van der Waals surface area contributed by atoms with E-state index >= 15 is 0 Å². The fraction of sp³-hybridized carbons (Fsp3) is 0.667. The lowest BCUT2D eigenvalue weighted by Gasteiger charge is -2.33. The van der Waals surface area contributed by atoms with Crippen LogP contribution >= 0.6 is 0 Å². The number of methoxy groups -OCH3 is 1. The maximum Gasteiger partial charge on any atom is 0.212 e. The number of rotatable bonds is 4. The Morgan fingerprint density at radius 1 is 1.44 bits per heavy atom. The highest BCUT2D eigenvalue weighted by Gasteiger charge is 2.27. The number of nitrogens with one attached hydrogen (secondary N) is 1. The molecule has 0 radical (unpaired) electrons. The molecule has 2 unspecified atom stereocenters. The molecule has 0 aliphatic carbocycles. The van der Waals surface area contributed by atoms with Crippen molar-refractivity contribution in [2.75, 3.05) is 20.2 Å². The van der Waals surface area contributed by atoms with Crippen molar-refractivity contribution in [2.24, 2.45) is 11.8 Å². The fourth-order valence-electron chi connectivity index (χ4n) is 2.95. The maximum absolute atomic E-state index is 5.12. The minimum atomic E-state index is 0.645. The van der Waals surface area contributed by atoms with E-state index in [1.54, 1.807) is 7.11 Å². The highest BCUT2D eigenvalue weighted by Crippen LogP contribution is 2.34. The van der Waals surface area contributed by atoms with Crippen molar-refractivity contribution >= 4 is 0 Å². The Morgan fingerprint density at radius 2 is 2.28 bits per heavy atom. The molecule has 18 heavy (non-hydrogen) atoms. The van der Waals surface area contributed by atoms with Crippen molar-refractivity contribution in [2.45, 2.75) is 32.6 Å². The lowest BCUT2D eigenvalue weighted by molar-refractivity contribution is 0.279. The van der Waals surface area contributed by atoms with Gasteiger partial charge < -0.3 is 10.1 Å². The van der Waals surface area contributed by atoms with E-state index < -0.39 is 0 Å². The summed E-state index contributed by atoms with van der Waals surface area (Å²) in [5.41, 5.74) is 1.36. The summed E-state index contributed by atoms with van der Waals surface area (Å²) in [7, 11) is 1.66. The van der Waals surface area contributed by atoms with Crippen LogP contribution in [0.2, 0.25) is 0 Å². The normalized spacial score (nSPS) is 24.2. The molecule has 0 spiro atoms. The van der Waals surface area contributed by atoms with Gasteiger partial charge in [0.15, 0.2) is 0 Å². The summed E-state index contributed by atoms with van der Waals surface area (Å²) in [6.07, 6.45) is 4.48. The van der Waals surface area contributed by atoms with Gasteiger partial charge in [-0.05, 0) is 49.2 Å². The minimum absolute atomic E-state index is 0.645. The van der Waals surface area contributed by atoms with Gasteiger partial charge in [0.2, 0.25) is 5.88 Å². The summed E-state index contributed by atoms with van der Waals surface area (Å²) in [4.78, 5) is 4.34. The molecule has 2 atom stereocenters. The predicted octanol–water partition coefficient (Wildman–Crippen LogP) is 2.83. The van der Waals surface area contributed by atoms with Crippen LogP contribution in [0.25, 0.3) is 0 Å². The molecule has 1 aliphatic rings. The number of hydrogen-bond donors (Lipinski definition) is 1. The minimum Gasteiger partial charge on any atom is -0.481 e. The molecule has 0 saturated carbocycles. The largest absolute Gasteiger partial charge is 0.481 e. The fourth-order valence-corrected chi connectivity index (χ4v) is 2.95. The van der Waals surface area contributed by atoms with Crippen LogP contribution in [-0.4, -0.2) is 25.2 Å².